The van der Waals surface area contributed by atoms with E-state index in [2.05, 4.69) is 10.3 Å². The zero-order valence-electron chi connectivity index (χ0n) is 13.0. The minimum Gasteiger partial charge on any atom is -0.360 e. The van der Waals surface area contributed by atoms with Crippen LogP contribution in [0, 0.1) is 0 Å². The van der Waals surface area contributed by atoms with Crippen molar-refractivity contribution in [3.63, 3.8) is 0 Å². The Balaban J connectivity index is 1.78. The second kappa shape index (κ2) is 6.39. The Labute approximate surface area is 155 Å². The van der Waals surface area contributed by atoms with Crippen LogP contribution in [0.2, 0.25) is 10.0 Å². The third-order valence-corrected chi connectivity index (χ3v) is 4.80. The normalized spacial score (nSPS) is 16.0. The third kappa shape index (κ3) is 2.84. The van der Waals surface area contributed by atoms with Crippen LogP contribution in [0.25, 0.3) is 0 Å². The van der Waals surface area contributed by atoms with Crippen molar-refractivity contribution in [3.8, 4) is 0 Å². The maximum absolute atomic E-state index is 12.9. The van der Waals surface area contributed by atoms with E-state index >= 15 is 0 Å². The van der Waals surface area contributed by atoms with Gasteiger partial charge in [-0.15, -0.1) is 0 Å². The molecule has 2 heterocycles. The van der Waals surface area contributed by atoms with Crippen molar-refractivity contribution in [3.05, 3.63) is 88.2 Å². The molecule has 25 heavy (non-hydrogen) atoms. The van der Waals surface area contributed by atoms with Crippen molar-refractivity contribution in [2.75, 3.05) is 10.2 Å². The number of pyridine rings is 1. The van der Waals surface area contributed by atoms with Crippen LogP contribution < -0.4 is 10.2 Å². The van der Waals surface area contributed by atoms with Gasteiger partial charge in [0.2, 0.25) is 0 Å². The lowest BCUT2D eigenvalue weighted by Crippen LogP contribution is -2.32. The lowest BCUT2D eigenvalue weighted by Gasteiger charge is -2.26. The molecule has 0 aliphatic carbocycles. The fraction of sp³-hybridized carbons (Fsp3) is 0.0526. The number of hydrogen-bond donors (Lipinski definition) is 1. The molecule has 0 saturated heterocycles. The van der Waals surface area contributed by atoms with Crippen LogP contribution in [-0.4, -0.2) is 10.9 Å². The lowest BCUT2D eigenvalue weighted by molar-refractivity contribution is 0.0993. The molecule has 2 aromatic carbocycles. The highest BCUT2D eigenvalue weighted by molar-refractivity contribution is 6.42. The topological polar surface area (TPSA) is 45.2 Å². The second-order valence-corrected chi connectivity index (χ2v) is 6.44. The Hall–Kier alpha value is -2.56. The Morgan fingerprint density at radius 2 is 1.76 bits per heavy atom. The van der Waals surface area contributed by atoms with Crippen LogP contribution in [0.1, 0.15) is 22.2 Å². The monoisotopic (exact) mass is 369 g/mol. The van der Waals surface area contributed by atoms with Gasteiger partial charge in [-0.05, 0) is 42.5 Å². The highest BCUT2D eigenvalue weighted by Crippen LogP contribution is 2.37. The van der Waals surface area contributed by atoms with E-state index in [-0.39, 0.29) is 5.91 Å². The van der Waals surface area contributed by atoms with Crippen molar-refractivity contribution < 1.29 is 4.79 Å². The van der Waals surface area contributed by atoms with Crippen LogP contribution in [-0.2, 0) is 0 Å². The van der Waals surface area contributed by atoms with Crippen molar-refractivity contribution in [1.82, 2.24) is 4.98 Å². The minimum absolute atomic E-state index is 0.0909. The molecular formula is C19H13Cl2N3O. The average Bonchev–Trinajstić information content (AvgIpc) is 2.91. The van der Waals surface area contributed by atoms with Gasteiger partial charge in [0.15, 0.2) is 6.17 Å². The molecule has 0 radical (unpaired) electrons. The molecule has 1 amide bonds. The van der Waals surface area contributed by atoms with Gasteiger partial charge < -0.3 is 5.32 Å². The van der Waals surface area contributed by atoms with Gasteiger partial charge in [0, 0.05) is 17.6 Å². The van der Waals surface area contributed by atoms with E-state index in [1.165, 1.54) is 0 Å². The summed E-state index contributed by atoms with van der Waals surface area (Å²) in [4.78, 5) is 19.0. The number of rotatable bonds is 3. The average molecular weight is 370 g/mol. The van der Waals surface area contributed by atoms with Gasteiger partial charge in [-0.3, -0.25) is 14.7 Å². The summed E-state index contributed by atoms with van der Waals surface area (Å²) in [7, 11) is 0. The number of anilines is 2. The van der Waals surface area contributed by atoms with Crippen LogP contribution in [0.15, 0.2) is 66.9 Å². The number of nitrogens with zero attached hydrogens (tertiary/aromatic N) is 2. The molecule has 0 fully saturated rings. The Kier molecular flexibility index (Phi) is 4.07. The fourth-order valence-electron chi connectivity index (χ4n) is 2.92. The summed E-state index contributed by atoms with van der Waals surface area (Å²) in [5.74, 6) is -0.0909. The molecule has 124 valence electrons. The first-order valence-corrected chi connectivity index (χ1v) is 8.46. The van der Waals surface area contributed by atoms with Crippen molar-refractivity contribution >= 4 is 40.5 Å². The summed E-state index contributed by atoms with van der Waals surface area (Å²) in [6, 6.07) is 18.3. The van der Waals surface area contributed by atoms with E-state index in [0.717, 1.165) is 11.4 Å². The number of hydrogen-bond acceptors (Lipinski definition) is 3. The Morgan fingerprint density at radius 3 is 2.52 bits per heavy atom. The smallest absolute Gasteiger partial charge is 0.262 e. The van der Waals surface area contributed by atoms with Gasteiger partial charge in [0.25, 0.3) is 5.91 Å². The highest BCUT2D eigenvalue weighted by Gasteiger charge is 2.38. The minimum atomic E-state index is -0.427. The second-order valence-electron chi connectivity index (χ2n) is 5.62. The molecule has 3 aromatic rings. The maximum atomic E-state index is 12.9. The predicted molar refractivity (Wildman–Crippen MR) is 100 cm³/mol. The van der Waals surface area contributed by atoms with Crippen molar-refractivity contribution in [2.24, 2.45) is 0 Å². The van der Waals surface area contributed by atoms with E-state index in [0.29, 0.717) is 21.3 Å². The fourth-order valence-corrected chi connectivity index (χ4v) is 3.22. The van der Waals surface area contributed by atoms with E-state index < -0.39 is 6.17 Å². The van der Waals surface area contributed by atoms with Gasteiger partial charge in [-0.2, -0.15) is 0 Å². The number of amides is 1. The molecule has 1 N–H and O–H groups in total. The van der Waals surface area contributed by atoms with Gasteiger partial charge in [-0.25, -0.2) is 0 Å². The molecule has 1 atom stereocenters. The summed E-state index contributed by atoms with van der Waals surface area (Å²) in [5.41, 5.74) is 2.82. The number of para-hydroxylation sites is 1. The third-order valence-electron chi connectivity index (χ3n) is 4.06. The molecular weight excluding hydrogens is 357 g/mol. The first-order valence-electron chi connectivity index (χ1n) is 7.70. The number of carbonyl (C=O) groups is 1. The first kappa shape index (κ1) is 15.9. The molecule has 6 heteroatoms. The van der Waals surface area contributed by atoms with Gasteiger partial charge in [0.05, 0.1) is 21.3 Å². The van der Waals surface area contributed by atoms with E-state index in [9.17, 15) is 4.79 Å². The Morgan fingerprint density at radius 1 is 0.960 bits per heavy atom. The van der Waals surface area contributed by atoms with Crippen LogP contribution in [0.3, 0.4) is 0 Å². The van der Waals surface area contributed by atoms with Crippen LogP contribution >= 0.6 is 23.2 Å². The summed E-state index contributed by atoms with van der Waals surface area (Å²) in [6.07, 6.45) is 1.26. The molecule has 4 nitrogen and oxygen atoms in total. The zero-order valence-corrected chi connectivity index (χ0v) is 14.5. The number of nitrogens with one attached hydrogen (secondary N) is 1. The molecule has 0 spiro atoms. The number of benzene rings is 2. The molecule has 0 unspecified atom stereocenters. The summed E-state index contributed by atoms with van der Waals surface area (Å²) < 4.78 is 0. The first-order chi connectivity index (χ1) is 12.1. The highest BCUT2D eigenvalue weighted by atomic mass is 35.5. The van der Waals surface area contributed by atoms with Crippen LogP contribution in [0.5, 0.6) is 0 Å². The van der Waals surface area contributed by atoms with Crippen molar-refractivity contribution in [1.29, 1.82) is 0 Å². The summed E-state index contributed by atoms with van der Waals surface area (Å²) >= 11 is 12.1. The van der Waals surface area contributed by atoms with Crippen LogP contribution in [0.4, 0.5) is 11.4 Å². The van der Waals surface area contributed by atoms with E-state index in [1.807, 2.05) is 36.4 Å². The predicted octanol–water partition coefficient (Wildman–Crippen LogP) is 5.16. The zero-order chi connectivity index (χ0) is 17.4. The standard InChI is InChI=1S/C19H13Cl2N3O/c20-15-9-8-12(11-16(15)21)23-18-17-14(7-4-10-22-17)19(25)24(18)13-5-2-1-3-6-13/h1-11,18,23H/t18-/m1/s1. The number of halogens is 2. The molecule has 0 saturated carbocycles. The molecule has 0 bridgehead atoms. The Bertz CT molecular complexity index is 946. The number of aromatic nitrogens is 1. The summed E-state index contributed by atoms with van der Waals surface area (Å²) in [6.45, 7) is 0. The molecule has 1 aliphatic heterocycles. The molecule has 1 aromatic heterocycles. The van der Waals surface area contributed by atoms with E-state index in [1.54, 1.807) is 35.4 Å². The van der Waals surface area contributed by atoms with Gasteiger partial charge in [0.1, 0.15) is 0 Å². The molecule has 1 aliphatic rings. The van der Waals surface area contributed by atoms with Gasteiger partial charge >= 0.3 is 0 Å². The largest absolute Gasteiger partial charge is 0.360 e. The van der Waals surface area contributed by atoms with Crippen molar-refractivity contribution in [2.45, 2.75) is 6.17 Å². The maximum Gasteiger partial charge on any atom is 0.262 e. The van der Waals surface area contributed by atoms with E-state index in [4.69, 9.17) is 23.2 Å². The summed E-state index contributed by atoms with van der Waals surface area (Å²) in [5, 5.41) is 4.27. The lowest BCUT2D eigenvalue weighted by atomic mass is 10.2. The quantitative estimate of drug-likeness (QED) is 0.693. The van der Waals surface area contributed by atoms with Gasteiger partial charge in [-0.1, -0.05) is 41.4 Å². The molecule has 4 rings (SSSR count). The SMILES string of the molecule is O=C1c2cccnc2[C@H](Nc2ccc(Cl)c(Cl)c2)N1c1ccccc1. The number of carbonyl (C=O) groups excluding carboxylic acids is 1. The number of fused-ring (bicyclic) bond motifs is 1.